The summed E-state index contributed by atoms with van der Waals surface area (Å²) in [4.78, 5) is 0.389. The number of nitrogens with one attached hydrogen (secondary N) is 1. The number of aromatic nitrogens is 2. The Bertz CT molecular complexity index is 637. The molecule has 1 N–H and O–H groups in total. The van der Waals surface area contributed by atoms with E-state index >= 15 is 0 Å². The predicted molar refractivity (Wildman–Crippen MR) is 75.9 cm³/mol. The Labute approximate surface area is 120 Å². The first-order valence-electron chi connectivity index (χ1n) is 7.06. The minimum absolute atomic E-state index is 0.0546. The third kappa shape index (κ3) is 1.83. The highest BCUT2D eigenvalue weighted by Crippen LogP contribution is 2.37. The molecule has 0 aromatic carbocycles. The molecule has 0 saturated carbocycles. The Kier molecular flexibility index (Phi) is 3.19. The summed E-state index contributed by atoms with van der Waals surface area (Å²) in [5.74, 6) is 0.874. The van der Waals surface area contributed by atoms with Crippen molar-refractivity contribution < 1.29 is 8.42 Å². The molecule has 3 atom stereocenters. The monoisotopic (exact) mass is 298 g/mol. The second-order valence-corrected chi connectivity index (χ2v) is 7.85. The van der Waals surface area contributed by atoms with E-state index in [2.05, 4.69) is 10.4 Å². The van der Waals surface area contributed by atoms with E-state index in [0.29, 0.717) is 34.7 Å². The van der Waals surface area contributed by atoms with Gasteiger partial charge in [0.2, 0.25) is 10.0 Å². The number of hydrogen-bond acceptors (Lipinski definition) is 4. The van der Waals surface area contributed by atoms with Crippen molar-refractivity contribution in [3.63, 3.8) is 0 Å². The summed E-state index contributed by atoms with van der Waals surface area (Å²) in [7, 11) is -1.66. The van der Waals surface area contributed by atoms with E-state index in [1.54, 1.807) is 23.0 Å². The van der Waals surface area contributed by atoms with Crippen molar-refractivity contribution >= 4 is 10.0 Å². The standard InChI is InChI=1S/C13H22N4O2S/c1-8-13(10(3)16(4)15-8)20(18,19)17-7-11-5-14-6-12(11)9(17)2/h9,11-12,14H,5-7H2,1-4H3. The Hall–Kier alpha value is -0.920. The Morgan fingerprint density at radius 1 is 1.30 bits per heavy atom. The summed E-state index contributed by atoms with van der Waals surface area (Å²) >= 11 is 0. The van der Waals surface area contributed by atoms with Crippen molar-refractivity contribution in [2.45, 2.75) is 31.7 Å². The van der Waals surface area contributed by atoms with E-state index in [0.717, 1.165) is 13.1 Å². The molecular weight excluding hydrogens is 276 g/mol. The van der Waals surface area contributed by atoms with E-state index in [4.69, 9.17) is 0 Å². The van der Waals surface area contributed by atoms with Gasteiger partial charge in [-0.15, -0.1) is 0 Å². The van der Waals surface area contributed by atoms with Gasteiger partial charge in [0.05, 0.1) is 11.4 Å². The molecule has 3 rings (SSSR count). The van der Waals surface area contributed by atoms with E-state index in [1.165, 1.54) is 0 Å². The molecule has 3 unspecified atom stereocenters. The smallest absolute Gasteiger partial charge is 0.247 e. The predicted octanol–water partition coefficient (Wildman–Crippen LogP) is 0.265. The topological polar surface area (TPSA) is 67.2 Å². The minimum Gasteiger partial charge on any atom is -0.316 e. The van der Waals surface area contributed by atoms with Crippen LogP contribution in [0.15, 0.2) is 4.90 Å². The Morgan fingerprint density at radius 3 is 2.55 bits per heavy atom. The molecule has 0 radical (unpaired) electrons. The molecule has 20 heavy (non-hydrogen) atoms. The molecule has 0 spiro atoms. The lowest BCUT2D eigenvalue weighted by atomic mass is 9.95. The van der Waals surface area contributed by atoms with Gasteiger partial charge < -0.3 is 5.32 Å². The van der Waals surface area contributed by atoms with Crippen LogP contribution in [0.5, 0.6) is 0 Å². The van der Waals surface area contributed by atoms with Crippen LogP contribution >= 0.6 is 0 Å². The molecule has 7 heteroatoms. The summed E-state index contributed by atoms with van der Waals surface area (Å²) in [6.45, 7) is 8.07. The molecule has 2 fully saturated rings. The SMILES string of the molecule is Cc1nn(C)c(C)c1S(=O)(=O)N1CC2CNCC2C1C. The Balaban J connectivity index is 2.01. The second kappa shape index (κ2) is 4.54. The van der Waals surface area contributed by atoms with Gasteiger partial charge in [0.25, 0.3) is 0 Å². The molecule has 6 nitrogen and oxygen atoms in total. The van der Waals surface area contributed by atoms with Crippen LogP contribution in [0.4, 0.5) is 0 Å². The zero-order chi connectivity index (χ0) is 14.7. The molecule has 1 aromatic rings. The van der Waals surface area contributed by atoms with E-state index in [-0.39, 0.29) is 6.04 Å². The minimum atomic E-state index is -3.45. The molecule has 3 heterocycles. The van der Waals surface area contributed by atoms with Gasteiger partial charge in [-0.2, -0.15) is 9.40 Å². The van der Waals surface area contributed by atoms with Crippen LogP contribution in [0.2, 0.25) is 0 Å². The van der Waals surface area contributed by atoms with Crippen LogP contribution in [0, 0.1) is 25.7 Å². The molecule has 0 bridgehead atoms. The van der Waals surface area contributed by atoms with Crippen molar-refractivity contribution in [2.24, 2.45) is 18.9 Å². The molecular formula is C13H22N4O2S. The zero-order valence-electron chi connectivity index (χ0n) is 12.4. The van der Waals surface area contributed by atoms with Gasteiger partial charge >= 0.3 is 0 Å². The van der Waals surface area contributed by atoms with Gasteiger partial charge in [-0.05, 0) is 45.7 Å². The maximum Gasteiger partial charge on any atom is 0.247 e. The molecule has 2 aliphatic rings. The van der Waals surface area contributed by atoms with Crippen LogP contribution < -0.4 is 5.32 Å². The number of aryl methyl sites for hydroxylation is 2. The average molecular weight is 298 g/mol. The molecule has 2 aliphatic heterocycles. The van der Waals surface area contributed by atoms with Crippen LogP contribution in [0.25, 0.3) is 0 Å². The van der Waals surface area contributed by atoms with Crippen molar-refractivity contribution in [1.29, 1.82) is 0 Å². The molecule has 0 aliphatic carbocycles. The molecule has 1 aromatic heterocycles. The van der Waals surface area contributed by atoms with Crippen molar-refractivity contribution in [2.75, 3.05) is 19.6 Å². The largest absolute Gasteiger partial charge is 0.316 e. The average Bonchev–Trinajstić information content (AvgIpc) is 2.98. The highest BCUT2D eigenvalue weighted by Gasteiger charge is 2.47. The third-order valence-electron chi connectivity index (χ3n) is 4.89. The van der Waals surface area contributed by atoms with Gasteiger partial charge in [0.15, 0.2) is 0 Å². The molecule has 0 amide bonds. The van der Waals surface area contributed by atoms with Crippen molar-refractivity contribution in [3.8, 4) is 0 Å². The number of sulfonamides is 1. The first-order valence-corrected chi connectivity index (χ1v) is 8.50. The van der Waals surface area contributed by atoms with Gasteiger partial charge in [-0.25, -0.2) is 8.42 Å². The highest BCUT2D eigenvalue weighted by atomic mass is 32.2. The number of nitrogens with zero attached hydrogens (tertiary/aromatic N) is 3. The summed E-state index contributed by atoms with van der Waals surface area (Å²) in [5.41, 5.74) is 1.30. The number of fused-ring (bicyclic) bond motifs is 1. The Morgan fingerprint density at radius 2 is 2.00 bits per heavy atom. The normalized spacial score (nSPS) is 30.9. The van der Waals surface area contributed by atoms with Crippen LogP contribution in [-0.2, 0) is 17.1 Å². The van der Waals surface area contributed by atoms with E-state index in [9.17, 15) is 8.42 Å². The zero-order valence-corrected chi connectivity index (χ0v) is 13.2. The molecule has 2 saturated heterocycles. The van der Waals surface area contributed by atoms with E-state index < -0.39 is 10.0 Å². The summed E-state index contributed by atoms with van der Waals surface area (Å²) in [6, 6.07) is 0.0546. The maximum atomic E-state index is 13.0. The van der Waals surface area contributed by atoms with E-state index in [1.807, 2.05) is 13.8 Å². The van der Waals surface area contributed by atoms with Crippen molar-refractivity contribution in [3.05, 3.63) is 11.4 Å². The second-order valence-electron chi connectivity index (χ2n) is 6.02. The lowest BCUT2D eigenvalue weighted by Crippen LogP contribution is -2.38. The van der Waals surface area contributed by atoms with Crippen molar-refractivity contribution in [1.82, 2.24) is 19.4 Å². The lowest BCUT2D eigenvalue weighted by molar-refractivity contribution is 0.360. The quantitative estimate of drug-likeness (QED) is 0.851. The number of hydrogen-bond donors (Lipinski definition) is 1. The maximum absolute atomic E-state index is 13.0. The molecule has 112 valence electrons. The fraction of sp³-hybridized carbons (Fsp3) is 0.769. The van der Waals surface area contributed by atoms with Gasteiger partial charge in [-0.3, -0.25) is 4.68 Å². The van der Waals surface area contributed by atoms with Crippen LogP contribution in [-0.4, -0.2) is 48.2 Å². The summed E-state index contributed by atoms with van der Waals surface area (Å²) in [6.07, 6.45) is 0. The number of rotatable bonds is 2. The van der Waals surface area contributed by atoms with Gasteiger partial charge in [0, 0.05) is 19.6 Å². The first-order chi connectivity index (χ1) is 9.34. The summed E-state index contributed by atoms with van der Waals surface area (Å²) in [5, 5.41) is 7.60. The highest BCUT2D eigenvalue weighted by molar-refractivity contribution is 7.89. The third-order valence-corrected chi connectivity index (χ3v) is 7.10. The first kappa shape index (κ1) is 14.0. The fourth-order valence-corrected chi connectivity index (χ4v) is 5.83. The van der Waals surface area contributed by atoms with Gasteiger partial charge in [0.1, 0.15) is 4.90 Å². The van der Waals surface area contributed by atoms with Crippen LogP contribution in [0.1, 0.15) is 18.3 Å². The lowest BCUT2D eigenvalue weighted by Gasteiger charge is -2.24. The van der Waals surface area contributed by atoms with Crippen LogP contribution in [0.3, 0.4) is 0 Å². The van der Waals surface area contributed by atoms with Gasteiger partial charge in [-0.1, -0.05) is 0 Å². The summed E-state index contributed by atoms with van der Waals surface area (Å²) < 4.78 is 29.3. The fourth-order valence-electron chi connectivity index (χ4n) is 3.69.